The van der Waals surface area contributed by atoms with Crippen LogP contribution in [0.3, 0.4) is 0 Å². The summed E-state index contributed by atoms with van der Waals surface area (Å²) < 4.78 is 50.2. The molecule has 0 saturated carbocycles. The van der Waals surface area contributed by atoms with Crippen molar-refractivity contribution in [1.29, 1.82) is 0 Å². The molecule has 0 aliphatic carbocycles. The molecule has 2 fully saturated rings. The van der Waals surface area contributed by atoms with Crippen molar-refractivity contribution in [3.8, 4) is 11.4 Å². The maximum atomic E-state index is 13.1. The average Bonchev–Trinajstić information content (AvgIpc) is 3.32. The Balaban J connectivity index is 1.35. The van der Waals surface area contributed by atoms with E-state index in [-0.39, 0.29) is 41.6 Å². The molecule has 4 rings (SSSR count). The van der Waals surface area contributed by atoms with Gasteiger partial charge >= 0.3 is 6.18 Å². The summed E-state index contributed by atoms with van der Waals surface area (Å²) in [6.45, 7) is 11.9. The number of morpholine rings is 1. The smallest absolute Gasteiger partial charge is 0.372 e. The second-order valence-electron chi connectivity index (χ2n) is 9.46. The molecule has 4 unspecified atom stereocenters. The zero-order valence-electron chi connectivity index (χ0n) is 20.5. The maximum absolute atomic E-state index is 13.1. The van der Waals surface area contributed by atoms with E-state index in [1.165, 1.54) is 12.1 Å². The third-order valence-electron chi connectivity index (χ3n) is 6.78. The van der Waals surface area contributed by atoms with Crippen LogP contribution in [-0.4, -0.2) is 88.3 Å². The number of hydrogen-bond acceptors (Lipinski definition) is 7. The van der Waals surface area contributed by atoms with Crippen molar-refractivity contribution in [2.75, 3.05) is 39.3 Å². The van der Waals surface area contributed by atoms with Crippen molar-refractivity contribution in [1.82, 2.24) is 24.8 Å². The lowest BCUT2D eigenvalue weighted by molar-refractivity contribution is -0.149. The highest BCUT2D eigenvalue weighted by Gasteiger charge is 2.34. The third-order valence-corrected chi connectivity index (χ3v) is 6.78. The van der Waals surface area contributed by atoms with Gasteiger partial charge in [0.2, 0.25) is 17.6 Å². The molecule has 2 saturated heterocycles. The monoisotopic (exact) mass is 495 g/mol. The zero-order valence-corrected chi connectivity index (χ0v) is 20.5. The largest absolute Gasteiger partial charge is 0.416 e. The van der Waals surface area contributed by atoms with Gasteiger partial charge in [-0.3, -0.25) is 14.6 Å². The van der Waals surface area contributed by atoms with Gasteiger partial charge in [0, 0.05) is 44.8 Å². The van der Waals surface area contributed by atoms with Crippen molar-refractivity contribution in [3.05, 3.63) is 35.7 Å². The van der Waals surface area contributed by atoms with Crippen LogP contribution in [0, 0.1) is 0 Å². The Kier molecular flexibility index (Phi) is 7.48. The number of carbonyl (C=O) groups is 1. The lowest BCUT2D eigenvalue weighted by Gasteiger charge is -2.42. The molecule has 35 heavy (non-hydrogen) atoms. The first-order valence-corrected chi connectivity index (χ1v) is 12.0. The van der Waals surface area contributed by atoms with Crippen LogP contribution in [0.5, 0.6) is 0 Å². The van der Waals surface area contributed by atoms with E-state index in [1.807, 2.05) is 32.6 Å². The van der Waals surface area contributed by atoms with Crippen LogP contribution in [0.1, 0.15) is 45.2 Å². The molecule has 0 bridgehead atoms. The number of benzene rings is 1. The number of halogens is 3. The second-order valence-corrected chi connectivity index (χ2v) is 9.46. The van der Waals surface area contributed by atoms with E-state index in [4.69, 9.17) is 9.26 Å². The van der Waals surface area contributed by atoms with Crippen molar-refractivity contribution < 1.29 is 27.2 Å². The molecule has 1 aromatic heterocycles. The fourth-order valence-corrected chi connectivity index (χ4v) is 4.80. The van der Waals surface area contributed by atoms with Gasteiger partial charge in [0.1, 0.15) is 0 Å². The van der Waals surface area contributed by atoms with Crippen LogP contribution in [0.2, 0.25) is 0 Å². The van der Waals surface area contributed by atoms with Crippen LogP contribution in [0.15, 0.2) is 28.8 Å². The molecule has 2 aromatic rings. The number of amides is 1. The Bertz CT molecular complexity index is 1010. The average molecular weight is 496 g/mol. The Morgan fingerprint density at radius 2 is 1.69 bits per heavy atom. The van der Waals surface area contributed by atoms with E-state index in [0.717, 1.165) is 12.1 Å². The maximum Gasteiger partial charge on any atom is 0.416 e. The first-order valence-electron chi connectivity index (χ1n) is 12.0. The first-order chi connectivity index (χ1) is 16.5. The standard InChI is InChI=1S/C24H32F3N5O3/c1-15-13-32(14-16(2)34-15)23(33)18(4)31-10-8-30(9-11-31)17(3)22-28-21(29-35-22)19-6-5-7-20(12-19)24(25,26)27/h5-7,12,15-18H,8-11,13-14H2,1-4H3. The van der Waals surface area contributed by atoms with Gasteiger partial charge in [-0.15, -0.1) is 0 Å². The number of hydrogen-bond donors (Lipinski definition) is 0. The van der Waals surface area contributed by atoms with Crippen LogP contribution >= 0.6 is 0 Å². The number of alkyl halides is 3. The number of ether oxygens (including phenoxy) is 1. The summed E-state index contributed by atoms with van der Waals surface area (Å²) in [4.78, 5) is 23.7. The van der Waals surface area contributed by atoms with Gasteiger partial charge in [0.15, 0.2) is 0 Å². The lowest BCUT2D eigenvalue weighted by atomic mass is 10.1. The van der Waals surface area contributed by atoms with E-state index >= 15 is 0 Å². The topological polar surface area (TPSA) is 74.9 Å². The molecule has 8 nitrogen and oxygen atoms in total. The fraction of sp³-hybridized carbons (Fsp3) is 0.625. The summed E-state index contributed by atoms with van der Waals surface area (Å²) in [6, 6.07) is 4.47. The molecule has 2 aliphatic rings. The molecule has 2 aliphatic heterocycles. The van der Waals surface area contributed by atoms with Crippen molar-refractivity contribution in [2.45, 2.75) is 58.2 Å². The van der Waals surface area contributed by atoms with E-state index in [2.05, 4.69) is 19.9 Å². The van der Waals surface area contributed by atoms with Crippen LogP contribution in [0.4, 0.5) is 13.2 Å². The van der Waals surface area contributed by atoms with Crippen molar-refractivity contribution >= 4 is 5.91 Å². The van der Waals surface area contributed by atoms with E-state index in [1.54, 1.807) is 0 Å². The van der Waals surface area contributed by atoms with E-state index in [9.17, 15) is 18.0 Å². The summed E-state index contributed by atoms with van der Waals surface area (Å²) >= 11 is 0. The quantitative estimate of drug-likeness (QED) is 0.629. The molecule has 0 radical (unpaired) electrons. The molecular weight excluding hydrogens is 463 g/mol. The normalized spacial score (nSPS) is 24.4. The molecule has 0 spiro atoms. The number of rotatable bonds is 5. The minimum atomic E-state index is -4.44. The Morgan fingerprint density at radius 1 is 1.06 bits per heavy atom. The molecule has 1 aromatic carbocycles. The lowest BCUT2D eigenvalue weighted by Crippen LogP contribution is -2.57. The van der Waals surface area contributed by atoms with Crippen LogP contribution in [0.25, 0.3) is 11.4 Å². The van der Waals surface area contributed by atoms with Gasteiger partial charge in [-0.05, 0) is 39.8 Å². The number of aromatic nitrogens is 2. The number of carbonyl (C=O) groups excluding carboxylic acids is 1. The molecule has 0 N–H and O–H groups in total. The van der Waals surface area contributed by atoms with Gasteiger partial charge in [0.25, 0.3) is 0 Å². The van der Waals surface area contributed by atoms with Crippen molar-refractivity contribution in [3.63, 3.8) is 0 Å². The Morgan fingerprint density at radius 3 is 2.31 bits per heavy atom. The summed E-state index contributed by atoms with van der Waals surface area (Å²) in [5.41, 5.74) is -0.499. The highest BCUT2D eigenvalue weighted by atomic mass is 19.4. The van der Waals surface area contributed by atoms with E-state index in [0.29, 0.717) is 45.2 Å². The second kappa shape index (κ2) is 10.2. The highest BCUT2D eigenvalue weighted by molar-refractivity contribution is 5.81. The molecule has 1 amide bonds. The highest BCUT2D eigenvalue weighted by Crippen LogP contribution is 2.32. The Hall–Kier alpha value is -2.50. The summed E-state index contributed by atoms with van der Waals surface area (Å²) in [6.07, 6.45) is -4.38. The van der Waals surface area contributed by atoms with Gasteiger partial charge in [-0.1, -0.05) is 17.3 Å². The first kappa shape index (κ1) is 25.6. The fourth-order valence-electron chi connectivity index (χ4n) is 4.80. The van der Waals surface area contributed by atoms with Gasteiger partial charge in [0.05, 0.1) is 29.9 Å². The molecule has 3 heterocycles. The van der Waals surface area contributed by atoms with Crippen molar-refractivity contribution in [2.24, 2.45) is 0 Å². The van der Waals surface area contributed by atoms with Crippen LogP contribution in [-0.2, 0) is 15.7 Å². The van der Waals surface area contributed by atoms with Gasteiger partial charge in [-0.25, -0.2) is 0 Å². The summed E-state index contributed by atoms with van der Waals surface area (Å²) in [5.74, 6) is 0.604. The zero-order chi connectivity index (χ0) is 25.3. The SMILES string of the molecule is CC1CN(C(=O)C(C)N2CCN(C(C)c3nc(-c4cccc(C(F)(F)F)c4)no3)CC2)CC(C)O1. The van der Waals surface area contributed by atoms with Gasteiger partial charge < -0.3 is 14.2 Å². The molecule has 192 valence electrons. The predicted molar refractivity (Wildman–Crippen MR) is 122 cm³/mol. The van der Waals surface area contributed by atoms with E-state index < -0.39 is 11.7 Å². The third kappa shape index (κ3) is 5.84. The van der Waals surface area contributed by atoms with Gasteiger partial charge in [-0.2, -0.15) is 18.2 Å². The number of nitrogens with zero attached hydrogens (tertiary/aromatic N) is 5. The summed E-state index contributed by atoms with van der Waals surface area (Å²) in [5, 5.41) is 3.90. The predicted octanol–water partition coefficient (Wildman–Crippen LogP) is 3.46. The Labute approximate surface area is 203 Å². The molecule has 11 heteroatoms. The number of piperazine rings is 1. The minimum Gasteiger partial charge on any atom is -0.372 e. The molecule has 4 atom stereocenters. The van der Waals surface area contributed by atoms with Crippen LogP contribution < -0.4 is 0 Å². The minimum absolute atomic E-state index is 0.0304. The molecular formula is C24H32F3N5O3. The summed E-state index contributed by atoms with van der Waals surface area (Å²) in [7, 11) is 0.